The molecule has 1 aromatic rings. The number of unbranched alkanes of at least 4 members (excludes halogenated alkanes) is 2. The third-order valence-corrected chi connectivity index (χ3v) is 4.35. The maximum Gasteiger partial charge on any atom is 0.226 e. The average molecular weight is 303 g/mol. The third kappa shape index (κ3) is 7.11. The number of hydrogen-bond donors (Lipinski definition) is 0. The molecule has 0 aliphatic heterocycles. The van der Waals surface area contributed by atoms with Crippen LogP contribution in [0.2, 0.25) is 0 Å². The van der Waals surface area contributed by atoms with Gasteiger partial charge in [0.15, 0.2) is 0 Å². The Morgan fingerprint density at radius 3 is 2.32 bits per heavy atom. The lowest BCUT2D eigenvalue weighted by atomic mass is 9.98. The Labute approximate surface area is 136 Å². The number of rotatable bonds is 11. The van der Waals surface area contributed by atoms with Gasteiger partial charge >= 0.3 is 0 Å². The summed E-state index contributed by atoms with van der Waals surface area (Å²) >= 11 is 0. The summed E-state index contributed by atoms with van der Waals surface area (Å²) in [6.45, 7) is 8.52. The van der Waals surface area contributed by atoms with Gasteiger partial charge in [0.1, 0.15) is 0 Å². The van der Waals surface area contributed by atoms with E-state index in [0.29, 0.717) is 12.3 Å². The number of carbonyl (C=O) groups excluding carboxylic acids is 1. The van der Waals surface area contributed by atoms with Crippen LogP contribution in [0.25, 0.3) is 0 Å². The van der Waals surface area contributed by atoms with E-state index >= 15 is 0 Å². The van der Waals surface area contributed by atoms with Gasteiger partial charge < -0.3 is 4.90 Å². The minimum absolute atomic E-state index is 0.287. The number of benzene rings is 1. The van der Waals surface area contributed by atoms with Crippen LogP contribution in [-0.4, -0.2) is 23.9 Å². The molecule has 0 aliphatic rings. The second-order valence-electron chi connectivity index (χ2n) is 6.27. The van der Waals surface area contributed by atoms with Crippen molar-refractivity contribution in [2.45, 2.75) is 65.7 Å². The number of nitrogens with zero attached hydrogens (tertiary/aromatic N) is 1. The van der Waals surface area contributed by atoms with Gasteiger partial charge in [0, 0.05) is 13.1 Å². The summed E-state index contributed by atoms with van der Waals surface area (Å²) < 4.78 is 0. The molecule has 1 amide bonds. The summed E-state index contributed by atoms with van der Waals surface area (Å²) in [5, 5.41) is 0. The normalized spacial score (nSPS) is 12.1. The van der Waals surface area contributed by atoms with Crippen LogP contribution in [0.4, 0.5) is 0 Å². The molecule has 0 saturated carbocycles. The maximum absolute atomic E-state index is 12.7. The molecule has 0 saturated heterocycles. The van der Waals surface area contributed by atoms with Crippen LogP contribution in [0.15, 0.2) is 30.3 Å². The van der Waals surface area contributed by atoms with E-state index in [1.54, 1.807) is 0 Å². The molecule has 0 spiro atoms. The lowest BCUT2D eigenvalue weighted by Gasteiger charge is -2.27. The van der Waals surface area contributed by atoms with E-state index in [2.05, 4.69) is 25.7 Å². The zero-order valence-corrected chi connectivity index (χ0v) is 14.7. The van der Waals surface area contributed by atoms with Crippen LogP contribution in [0.5, 0.6) is 0 Å². The third-order valence-electron chi connectivity index (χ3n) is 4.35. The lowest BCUT2D eigenvalue weighted by molar-refractivity contribution is -0.131. The zero-order chi connectivity index (χ0) is 16.2. The topological polar surface area (TPSA) is 20.3 Å². The van der Waals surface area contributed by atoms with Crippen LogP contribution in [0, 0.1) is 5.92 Å². The van der Waals surface area contributed by atoms with Crippen molar-refractivity contribution in [1.82, 2.24) is 4.90 Å². The standard InChI is InChI=1S/C20H33NO/c1-4-7-12-18(6-3)17-21(15-8-5-2)20(22)16-19-13-10-9-11-14-19/h9-11,13-14,18H,4-8,12,15-17H2,1-3H3. The monoisotopic (exact) mass is 303 g/mol. The SMILES string of the molecule is CCCCC(CC)CN(CCCC)C(=O)Cc1ccccc1. The smallest absolute Gasteiger partial charge is 0.226 e. The Morgan fingerprint density at radius 2 is 1.73 bits per heavy atom. The highest BCUT2D eigenvalue weighted by molar-refractivity contribution is 5.78. The first kappa shape index (κ1) is 18.7. The van der Waals surface area contributed by atoms with Crippen LogP contribution in [0.3, 0.4) is 0 Å². The van der Waals surface area contributed by atoms with Gasteiger partial charge in [-0.3, -0.25) is 4.79 Å². The summed E-state index contributed by atoms with van der Waals surface area (Å²) in [4.78, 5) is 14.8. The molecule has 0 radical (unpaired) electrons. The lowest BCUT2D eigenvalue weighted by Crippen LogP contribution is -2.37. The summed E-state index contributed by atoms with van der Waals surface area (Å²) in [7, 11) is 0. The van der Waals surface area contributed by atoms with Crippen molar-refractivity contribution in [1.29, 1.82) is 0 Å². The summed E-state index contributed by atoms with van der Waals surface area (Å²) in [5.41, 5.74) is 1.12. The fourth-order valence-electron chi connectivity index (χ4n) is 2.78. The minimum atomic E-state index is 0.287. The van der Waals surface area contributed by atoms with Crippen molar-refractivity contribution in [2.75, 3.05) is 13.1 Å². The van der Waals surface area contributed by atoms with Crippen molar-refractivity contribution in [2.24, 2.45) is 5.92 Å². The molecule has 2 nitrogen and oxygen atoms in total. The molecule has 1 aromatic carbocycles. The van der Waals surface area contributed by atoms with Crippen molar-refractivity contribution in [3.63, 3.8) is 0 Å². The fourth-order valence-corrected chi connectivity index (χ4v) is 2.78. The highest BCUT2D eigenvalue weighted by Gasteiger charge is 2.17. The first-order valence-electron chi connectivity index (χ1n) is 9.02. The van der Waals surface area contributed by atoms with E-state index in [4.69, 9.17) is 0 Å². The Morgan fingerprint density at radius 1 is 1.05 bits per heavy atom. The van der Waals surface area contributed by atoms with Gasteiger partial charge in [0.2, 0.25) is 5.91 Å². The van der Waals surface area contributed by atoms with Gasteiger partial charge in [-0.05, 0) is 24.3 Å². The quantitative estimate of drug-likeness (QED) is 0.558. The van der Waals surface area contributed by atoms with Crippen LogP contribution in [0.1, 0.15) is 64.9 Å². The summed E-state index contributed by atoms with van der Waals surface area (Å²) in [6.07, 6.45) is 7.70. The first-order chi connectivity index (χ1) is 10.7. The highest BCUT2D eigenvalue weighted by Crippen LogP contribution is 2.16. The van der Waals surface area contributed by atoms with Gasteiger partial charge in [0.25, 0.3) is 0 Å². The predicted octanol–water partition coefficient (Wildman–Crippen LogP) is 5.07. The summed E-state index contributed by atoms with van der Waals surface area (Å²) in [6, 6.07) is 10.1. The van der Waals surface area contributed by atoms with E-state index in [9.17, 15) is 4.79 Å². The molecule has 22 heavy (non-hydrogen) atoms. The first-order valence-corrected chi connectivity index (χ1v) is 9.02. The van der Waals surface area contributed by atoms with E-state index in [1.807, 2.05) is 30.3 Å². The van der Waals surface area contributed by atoms with E-state index in [0.717, 1.165) is 31.5 Å². The molecule has 0 heterocycles. The van der Waals surface area contributed by atoms with E-state index in [-0.39, 0.29) is 5.91 Å². The van der Waals surface area contributed by atoms with Gasteiger partial charge in [-0.15, -0.1) is 0 Å². The summed E-state index contributed by atoms with van der Waals surface area (Å²) in [5.74, 6) is 0.936. The minimum Gasteiger partial charge on any atom is -0.342 e. The fraction of sp³-hybridized carbons (Fsp3) is 0.650. The number of amides is 1. The number of carbonyl (C=O) groups is 1. The van der Waals surface area contributed by atoms with Crippen LogP contribution in [-0.2, 0) is 11.2 Å². The molecule has 124 valence electrons. The second kappa shape index (κ2) is 11.3. The van der Waals surface area contributed by atoms with Crippen molar-refractivity contribution in [3.8, 4) is 0 Å². The molecule has 2 heteroatoms. The van der Waals surface area contributed by atoms with Crippen molar-refractivity contribution < 1.29 is 4.79 Å². The molecular weight excluding hydrogens is 270 g/mol. The molecule has 0 bridgehead atoms. The van der Waals surface area contributed by atoms with Gasteiger partial charge in [-0.25, -0.2) is 0 Å². The largest absolute Gasteiger partial charge is 0.342 e. The maximum atomic E-state index is 12.7. The highest BCUT2D eigenvalue weighted by atomic mass is 16.2. The Bertz CT molecular complexity index is 401. The Hall–Kier alpha value is -1.31. The Kier molecular flexibility index (Phi) is 9.61. The van der Waals surface area contributed by atoms with Crippen molar-refractivity contribution in [3.05, 3.63) is 35.9 Å². The van der Waals surface area contributed by atoms with Crippen molar-refractivity contribution >= 4 is 5.91 Å². The molecule has 0 N–H and O–H groups in total. The van der Waals surface area contributed by atoms with E-state index in [1.165, 1.54) is 25.7 Å². The molecule has 0 aliphatic carbocycles. The average Bonchev–Trinajstić information content (AvgIpc) is 2.55. The molecule has 1 rings (SSSR count). The second-order valence-corrected chi connectivity index (χ2v) is 6.27. The zero-order valence-electron chi connectivity index (χ0n) is 14.7. The Balaban J connectivity index is 2.63. The molecule has 1 atom stereocenters. The molecular formula is C20H33NO. The predicted molar refractivity (Wildman–Crippen MR) is 94.9 cm³/mol. The van der Waals surface area contributed by atoms with Crippen LogP contribution < -0.4 is 0 Å². The van der Waals surface area contributed by atoms with Gasteiger partial charge in [-0.2, -0.15) is 0 Å². The van der Waals surface area contributed by atoms with Gasteiger partial charge in [0.05, 0.1) is 6.42 Å². The number of hydrogen-bond acceptors (Lipinski definition) is 1. The van der Waals surface area contributed by atoms with E-state index < -0.39 is 0 Å². The molecule has 1 unspecified atom stereocenters. The van der Waals surface area contributed by atoms with Crippen LogP contribution >= 0.6 is 0 Å². The molecule has 0 fully saturated rings. The van der Waals surface area contributed by atoms with Gasteiger partial charge in [-0.1, -0.05) is 76.8 Å². The molecule has 0 aromatic heterocycles.